The standard InChI is InChI=1S/C15H23N3O4S.ClH/c1-12-4-2-3-9-15(12,11-16)17-23(21,22)10-13-5-7-14(8-6-13)18(19)20;/h5-8,12,17H,2-4,9-11,16H2,1H3;1H. The fourth-order valence-electron chi connectivity index (χ4n) is 3.19. The van der Waals surface area contributed by atoms with Crippen LogP contribution in [0.5, 0.6) is 0 Å². The maximum Gasteiger partial charge on any atom is 0.269 e. The van der Waals surface area contributed by atoms with Crippen molar-refractivity contribution in [3.8, 4) is 0 Å². The lowest BCUT2D eigenvalue weighted by Crippen LogP contribution is -2.59. The number of nitro groups is 1. The van der Waals surface area contributed by atoms with Gasteiger partial charge in [0.25, 0.3) is 5.69 Å². The Labute approximate surface area is 148 Å². The topological polar surface area (TPSA) is 115 Å². The van der Waals surface area contributed by atoms with E-state index in [0.29, 0.717) is 5.56 Å². The quantitative estimate of drug-likeness (QED) is 0.583. The Hall–Kier alpha value is -1.22. The SMILES string of the molecule is CC1CCCCC1(CN)NS(=O)(=O)Cc1ccc([N+](=O)[O-])cc1.Cl. The predicted molar refractivity (Wildman–Crippen MR) is 95.5 cm³/mol. The molecule has 0 saturated heterocycles. The van der Waals surface area contributed by atoms with E-state index in [4.69, 9.17) is 5.73 Å². The highest BCUT2D eigenvalue weighted by Gasteiger charge is 2.40. The van der Waals surface area contributed by atoms with E-state index < -0.39 is 20.5 Å². The number of benzene rings is 1. The summed E-state index contributed by atoms with van der Waals surface area (Å²) in [5.41, 5.74) is 5.75. The lowest BCUT2D eigenvalue weighted by molar-refractivity contribution is -0.384. The number of hydrogen-bond acceptors (Lipinski definition) is 5. The minimum Gasteiger partial charge on any atom is -0.329 e. The van der Waals surface area contributed by atoms with Gasteiger partial charge in [-0.1, -0.05) is 31.9 Å². The highest BCUT2D eigenvalue weighted by Crippen LogP contribution is 2.33. The van der Waals surface area contributed by atoms with Crippen molar-refractivity contribution in [1.29, 1.82) is 0 Å². The molecule has 0 heterocycles. The summed E-state index contributed by atoms with van der Waals surface area (Å²) in [4.78, 5) is 10.1. The Morgan fingerprint density at radius 2 is 1.96 bits per heavy atom. The first-order valence-electron chi connectivity index (χ1n) is 7.73. The highest BCUT2D eigenvalue weighted by atomic mass is 35.5. The molecule has 0 amide bonds. The molecule has 3 N–H and O–H groups in total. The molecule has 24 heavy (non-hydrogen) atoms. The first-order valence-corrected chi connectivity index (χ1v) is 9.38. The number of nitro benzene ring substituents is 1. The van der Waals surface area contributed by atoms with Gasteiger partial charge in [-0.2, -0.15) is 0 Å². The van der Waals surface area contributed by atoms with Crippen LogP contribution in [0.25, 0.3) is 0 Å². The molecule has 0 aliphatic heterocycles. The van der Waals surface area contributed by atoms with Crippen LogP contribution >= 0.6 is 12.4 Å². The van der Waals surface area contributed by atoms with Gasteiger partial charge in [-0.05, 0) is 24.3 Å². The van der Waals surface area contributed by atoms with Crippen molar-refractivity contribution in [2.45, 2.75) is 43.9 Å². The summed E-state index contributed by atoms with van der Waals surface area (Å²) in [6.07, 6.45) is 3.75. The van der Waals surface area contributed by atoms with Crippen molar-refractivity contribution in [3.63, 3.8) is 0 Å². The molecule has 1 aliphatic carbocycles. The van der Waals surface area contributed by atoms with Crippen molar-refractivity contribution in [2.24, 2.45) is 11.7 Å². The first kappa shape index (κ1) is 20.8. The minimum absolute atomic E-state index is 0. The molecule has 7 nitrogen and oxygen atoms in total. The molecule has 9 heteroatoms. The summed E-state index contributed by atoms with van der Waals surface area (Å²) in [7, 11) is -3.57. The molecule has 0 radical (unpaired) electrons. The molecule has 1 aromatic rings. The van der Waals surface area contributed by atoms with Gasteiger partial charge in [-0.25, -0.2) is 13.1 Å². The number of nitrogens with zero attached hydrogens (tertiary/aromatic N) is 1. The van der Waals surface area contributed by atoms with Crippen molar-refractivity contribution < 1.29 is 13.3 Å². The third-order valence-corrected chi connectivity index (χ3v) is 6.11. The molecule has 1 aliphatic rings. The Morgan fingerprint density at radius 3 is 2.46 bits per heavy atom. The molecule has 1 fully saturated rings. The second-order valence-corrected chi connectivity index (χ2v) is 8.01. The highest BCUT2D eigenvalue weighted by molar-refractivity contribution is 7.88. The Kier molecular flexibility index (Phi) is 7.15. The summed E-state index contributed by atoms with van der Waals surface area (Å²) < 4.78 is 27.8. The lowest BCUT2D eigenvalue weighted by Gasteiger charge is -2.42. The van der Waals surface area contributed by atoms with Gasteiger partial charge in [0.1, 0.15) is 0 Å². The summed E-state index contributed by atoms with van der Waals surface area (Å²) >= 11 is 0. The number of rotatable bonds is 6. The number of nitrogens with one attached hydrogen (secondary N) is 1. The van der Waals surface area contributed by atoms with Crippen LogP contribution in [0.2, 0.25) is 0 Å². The molecule has 0 bridgehead atoms. The Bertz CT molecular complexity index is 666. The molecule has 1 saturated carbocycles. The molecular weight excluding hydrogens is 354 g/mol. The average Bonchev–Trinajstić information content (AvgIpc) is 2.49. The molecule has 0 aromatic heterocycles. The number of non-ortho nitro benzene ring substituents is 1. The maximum absolute atomic E-state index is 12.5. The molecule has 1 aromatic carbocycles. The van der Waals surface area contributed by atoms with Gasteiger partial charge >= 0.3 is 0 Å². The maximum atomic E-state index is 12.5. The molecule has 2 atom stereocenters. The summed E-state index contributed by atoms with van der Waals surface area (Å²) in [5.74, 6) is -0.0210. The third-order valence-electron chi connectivity index (χ3n) is 4.68. The largest absolute Gasteiger partial charge is 0.329 e. The van der Waals surface area contributed by atoms with Crippen LogP contribution in [0, 0.1) is 16.0 Å². The number of sulfonamides is 1. The number of hydrogen-bond donors (Lipinski definition) is 2. The van der Waals surface area contributed by atoms with Crippen molar-refractivity contribution in [3.05, 3.63) is 39.9 Å². The summed E-state index contributed by atoms with van der Waals surface area (Å²) in [6, 6.07) is 5.56. The molecular formula is C15H24ClN3O4S. The summed E-state index contributed by atoms with van der Waals surface area (Å²) in [5, 5.41) is 10.6. The number of nitrogens with two attached hydrogens (primary N) is 1. The van der Waals surface area contributed by atoms with E-state index >= 15 is 0 Å². The van der Waals surface area contributed by atoms with Gasteiger partial charge in [0, 0.05) is 24.2 Å². The van der Waals surface area contributed by atoms with Crippen LogP contribution in [-0.2, 0) is 15.8 Å². The van der Waals surface area contributed by atoms with E-state index in [0.717, 1.165) is 25.7 Å². The third kappa shape index (κ3) is 4.89. The fourth-order valence-corrected chi connectivity index (χ4v) is 4.90. The van der Waals surface area contributed by atoms with Gasteiger partial charge in [-0.15, -0.1) is 12.4 Å². The fraction of sp³-hybridized carbons (Fsp3) is 0.600. The van der Waals surface area contributed by atoms with Gasteiger partial charge < -0.3 is 5.73 Å². The second-order valence-electron chi connectivity index (χ2n) is 6.29. The second kappa shape index (κ2) is 8.24. The van der Waals surface area contributed by atoms with Crippen LogP contribution in [0.15, 0.2) is 24.3 Å². The van der Waals surface area contributed by atoms with Crippen LogP contribution in [0.3, 0.4) is 0 Å². The van der Waals surface area contributed by atoms with Crippen LogP contribution in [0.4, 0.5) is 5.69 Å². The Morgan fingerprint density at radius 1 is 1.33 bits per heavy atom. The van der Waals surface area contributed by atoms with Crippen LogP contribution < -0.4 is 10.5 Å². The monoisotopic (exact) mass is 377 g/mol. The zero-order valence-corrected chi connectivity index (χ0v) is 15.2. The minimum atomic E-state index is -3.57. The first-order chi connectivity index (χ1) is 10.8. The predicted octanol–water partition coefficient (Wildman–Crippen LogP) is 2.34. The molecule has 2 rings (SSSR count). The van der Waals surface area contributed by atoms with Crippen molar-refractivity contribution in [1.82, 2.24) is 4.72 Å². The molecule has 0 spiro atoms. The number of halogens is 1. The van der Waals surface area contributed by atoms with Crippen LogP contribution in [-0.4, -0.2) is 25.4 Å². The van der Waals surface area contributed by atoms with E-state index in [-0.39, 0.29) is 36.3 Å². The van der Waals surface area contributed by atoms with E-state index in [1.807, 2.05) is 6.92 Å². The lowest BCUT2D eigenvalue weighted by atomic mass is 9.74. The van der Waals surface area contributed by atoms with Crippen molar-refractivity contribution in [2.75, 3.05) is 6.54 Å². The average molecular weight is 378 g/mol. The van der Waals surface area contributed by atoms with E-state index in [2.05, 4.69) is 4.72 Å². The zero-order chi connectivity index (χ0) is 17.1. The zero-order valence-electron chi connectivity index (χ0n) is 13.6. The van der Waals surface area contributed by atoms with E-state index in [1.165, 1.54) is 24.3 Å². The normalized spacial score (nSPS) is 24.2. The van der Waals surface area contributed by atoms with Crippen molar-refractivity contribution >= 4 is 28.1 Å². The van der Waals surface area contributed by atoms with Gasteiger partial charge in [0.2, 0.25) is 10.0 Å². The van der Waals surface area contributed by atoms with Gasteiger partial charge in [-0.3, -0.25) is 10.1 Å². The van der Waals surface area contributed by atoms with Gasteiger partial charge in [0.15, 0.2) is 0 Å². The van der Waals surface area contributed by atoms with Gasteiger partial charge in [0.05, 0.1) is 10.7 Å². The van der Waals surface area contributed by atoms with E-state index in [9.17, 15) is 18.5 Å². The molecule has 2 unspecified atom stereocenters. The van der Waals surface area contributed by atoms with E-state index in [1.54, 1.807) is 0 Å². The molecule has 136 valence electrons. The van der Waals surface area contributed by atoms with Crippen LogP contribution in [0.1, 0.15) is 38.2 Å². The smallest absolute Gasteiger partial charge is 0.269 e. The Balaban J connectivity index is 0.00000288. The summed E-state index contributed by atoms with van der Waals surface area (Å²) in [6.45, 7) is 2.30.